The lowest BCUT2D eigenvalue weighted by molar-refractivity contribution is 0.0940. The number of anilines is 1. The Balaban J connectivity index is 2.09. The molecule has 0 radical (unpaired) electrons. The molecule has 4 nitrogen and oxygen atoms in total. The Kier molecular flexibility index (Phi) is 5.50. The third kappa shape index (κ3) is 4.63. The van der Waals surface area contributed by atoms with E-state index in [1.165, 1.54) is 0 Å². The molecule has 1 atom stereocenters. The van der Waals surface area contributed by atoms with Crippen molar-refractivity contribution < 1.29 is 9.53 Å². The van der Waals surface area contributed by atoms with Crippen molar-refractivity contribution >= 4 is 23.2 Å². The molecule has 0 aliphatic rings. The Hall–Kier alpha value is -2.20. The van der Waals surface area contributed by atoms with Gasteiger partial charge >= 0.3 is 0 Å². The molecule has 23 heavy (non-hydrogen) atoms. The minimum atomic E-state index is -0.226. The van der Waals surface area contributed by atoms with Crippen LogP contribution in [0, 0.1) is 0 Å². The first kappa shape index (κ1) is 17.2. The number of hydrogen-bond donors (Lipinski definition) is 2. The lowest BCUT2D eigenvalue weighted by Crippen LogP contribution is -2.26. The maximum atomic E-state index is 12.4. The van der Waals surface area contributed by atoms with Gasteiger partial charge in [-0.3, -0.25) is 4.79 Å². The fourth-order valence-corrected chi connectivity index (χ4v) is 2.42. The molecule has 0 unspecified atom stereocenters. The van der Waals surface area contributed by atoms with E-state index < -0.39 is 0 Å². The van der Waals surface area contributed by atoms with Gasteiger partial charge in [-0.15, -0.1) is 0 Å². The average Bonchev–Trinajstić information content (AvgIpc) is 2.47. The summed E-state index contributed by atoms with van der Waals surface area (Å²) in [4.78, 5) is 12.4. The van der Waals surface area contributed by atoms with Gasteiger partial charge in [0, 0.05) is 5.69 Å². The molecular weight excluding hydrogens is 312 g/mol. The molecule has 0 aliphatic heterocycles. The van der Waals surface area contributed by atoms with Crippen molar-refractivity contribution in [2.75, 3.05) is 5.73 Å². The van der Waals surface area contributed by atoms with Gasteiger partial charge in [0.25, 0.3) is 5.91 Å². The summed E-state index contributed by atoms with van der Waals surface area (Å²) in [5.74, 6) is 0.420. The summed E-state index contributed by atoms with van der Waals surface area (Å²) in [5.41, 5.74) is 7.76. The van der Waals surface area contributed by atoms with Crippen LogP contribution in [0.25, 0.3) is 0 Å². The highest BCUT2D eigenvalue weighted by molar-refractivity contribution is 6.34. The Bertz CT molecular complexity index is 684. The summed E-state index contributed by atoms with van der Waals surface area (Å²) in [7, 11) is 0. The van der Waals surface area contributed by atoms with E-state index in [0.717, 1.165) is 5.56 Å². The van der Waals surface area contributed by atoms with Crippen LogP contribution in [0.4, 0.5) is 5.69 Å². The summed E-state index contributed by atoms with van der Waals surface area (Å²) < 4.78 is 5.56. The lowest BCUT2D eigenvalue weighted by Gasteiger charge is -2.16. The van der Waals surface area contributed by atoms with Crippen molar-refractivity contribution in [1.82, 2.24) is 5.32 Å². The Morgan fingerprint density at radius 3 is 2.35 bits per heavy atom. The number of rotatable bonds is 5. The van der Waals surface area contributed by atoms with Crippen molar-refractivity contribution in [2.45, 2.75) is 32.9 Å². The van der Waals surface area contributed by atoms with Crippen LogP contribution in [-0.4, -0.2) is 12.0 Å². The summed E-state index contributed by atoms with van der Waals surface area (Å²) in [6, 6.07) is 12.3. The van der Waals surface area contributed by atoms with Gasteiger partial charge in [-0.1, -0.05) is 23.7 Å². The van der Waals surface area contributed by atoms with E-state index in [1.54, 1.807) is 18.2 Å². The second-order valence-electron chi connectivity index (χ2n) is 5.67. The van der Waals surface area contributed by atoms with E-state index in [4.69, 9.17) is 22.1 Å². The zero-order valence-electron chi connectivity index (χ0n) is 13.5. The molecular formula is C18H21ClN2O2. The number of nitrogens with two attached hydrogens (primary N) is 1. The predicted octanol–water partition coefficient (Wildman–Crippen LogP) is 4.20. The molecule has 5 heteroatoms. The summed E-state index contributed by atoms with van der Waals surface area (Å²) in [6.45, 7) is 5.78. The van der Waals surface area contributed by atoms with Gasteiger partial charge in [0.05, 0.1) is 22.7 Å². The molecule has 0 saturated heterocycles. The van der Waals surface area contributed by atoms with Crippen molar-refractivity contribution in [1.29, 1.82) is 0 Å². The molecule has 0 heterocycles. The summed E-state index contributed by atoms with van der Waals surface area (Å²) >= 11 is 6.20. The average molecular weight is 333 g/mol. The first-order valence-electron chi connectivity index (χ1n) is 7.49. The van der Waals surface area contributed by atoms with Crippen LogP contribution >= 0.6 is 11.6 Å². The van der Waals surface area contributed by atoms with Crippen LogP contribution in [0.1, 0.15) is 42.7 Å². The minimum absolute atomic E-state index is 0.0521. The molecule has 0 fully saturated rings. The van der Waals surface area contributed by atoms with Gasteiger partial charge in [0.1, 0.15) is 5.75 Å². The largest absolute Gasteiger partial charge is 0.491 e. The number of carbonyl (C=O) groups excluding carboxylic acids is 1. The van der Waals surface area contributed by atoms with Crippen molar-refractivity contribution in [3.8, 4) is 5.75 Å². The quantitative estimate of drug-likeness (QED) is 0.806. The number of nitrogens with one attached hydrogen (secondary N) is 1. The van der Waals surface area contributed by atoms with Crippen molar-refractivity contribution in [3.63, 3.8) is 0 Å². The predicted molar refractivity (Wildman–Crippen MR) is 94.0 cm³/mol. The van der Waals surface area contributed by atoms with Crippen LogP contribution < -0.4 is 15.8 Å². The lowest BCUT2D eigenvalue weighted by atomic mass is 10.1. The molecule has 1 amide bonds. The molecule has 3 N–H and O–H groups in total. The summed E-state index contributed by atoms with van der Waals surface area (Å²) in [5, 5.41) is 3.29. The van der Waals surface area contributed by atoms with E-state index in [9.17, 15) is 4.79 Å². The van der Waals surface area contributed by atoms with E-state index in [1.807, 2.05) is 45.0 Å². The monoisotopic (exact) mass is 332 g/mol. The fourth-order valence-electron chi connectivity index (χ4n) is 2.17. The number of halogens is 1. The van der Waals surface area contributed by atoms with Crippen LogP contribution in [0.15, 0.2) is 42.5 Å². The van der Waals surface area contributed by atoms with Gasteiger partial charge in [-0.05, 0) is 56.7 Å². The number of benzene rings is 2. The Morgan fingerprint density at radius 2 is 1.78 bits per heavy atom. The van der Waals surface area contributed by atoms with E-state index >= 15 is 0 Å². The normalized spacial score (nSPS) is 12.0. The van der Waals surface area contributed by atoms with Gasteiger partial charge in [0.2, 0.25) is 0 Å². The van der Waals surface area contributed by atoms with E-state index in [2.05, 4.69) is 5.32 Å². The summed E-state index contributed by atoms with van der Waals surface area (Å²) in [6.07, 6.45) is 0.0521. The number of amides is 1. The smallest absolute Gasteiger partial charge is 0.253 e. The number of nitrogen functional groups attached to an aromatic ring is 1. The number of hydrogen-bond acceptors (Lipinski definition) is 3. The van der Waals surface area contributed by atoms with Crippen molar-refractivity contribution in [3.05, 3.63) is 58.6 Å². The first-order chi connectivity index (χ1) is 10.9. The van der Waals surface area contributed by atoms with Crippen LogP contribution in [0.3, 0.4) is 0 Å². The number of carbonyl (C=O) groups is 1. The molecule has 0 spiro atoms. The topological polar surface area (TPSA) is 64.3 Å². The highest BCUT2D eigenvalue weighted by atomic mass is 35.5. The third-order valence-electron chi connectivity index (χ3n) is 3.34. The van der Waals surface area contributed by atoms with Gasteiger partial charge < -0.3 is 15.8 Å². The van der Waals surface area contributed by atoms with E-state index in [0.29, 0.717) is 22.0 Å². The zero-order chi connectivity index (χ0) is 17.0. The molecule has 0 saturated carbocycles. The second kappa shape index (κ2) is 7.38. The zero-order valence-corrected chi connectivity index (χ0v) is 14.2. The van der Waals surface area contributed by atoms with Crippen LogP contribution in [-0.2, 0) is 0 Å². The number of ether oxygens (including phenoxy) is 1. The van der Waals surface area contributed by atoms with Gasteiger partial charge in [-0.2, -0.15) is 0 Å². The highest BCUT2D eigenvalue weighted by Crippen LogP contribution is 2.24. The maximum Gasteiger partial charge on any atom is 0.253 e. The first-order valence-corrected chi connectivity index (χ1v) is 7.87. The van der Waals surface area contributed by atoms with Crippen LogP contribution in [0.2, 0.25) is 5.02 Å². The molecule has 2 rings (SSSR count). The second-order valence-corrected chi connectivity index (χ2v) is 6.08. The fraction of sp³-hybridized carbons (Fsp3) is 0.278. The molecule has 122 valence electrons. The standard InChI is InChI=1S/C18H21ClN2O2/c1-11(2)23-15-8-9-16(17(19)10-15)18(22)21-12(3)13-4-6-14(20)7-5-13/h4-12H,20H2,1-3H3,(H,21,22)/t12-/m1/s1. The molecule has 2 aromatic rings. The third-order valence-corrected chi connectivity index (χ3v) is 3.65. The van der Waals surface area contributed by atoms with Crippen molar-refractivity contribution in [2.24, 2.45) is 0 Å². The highest BCUT2D eigenvalue weighted by Gasteiger charge is 2.15. The van der Waals surface area contributed by atoms with Gasteiger partial charge in [-0.25, -0.2) is 0 Å². The molecule has 0 bridgehead atoms. The minimum Gasteiger partial charge on any atom is -0.491 e. The Morgan fingerprint density at radius 1 is 1.13 bits per heavy atom. The maximum absolute atomic E-state index is 12.4. The molecule has 0 aliphatic carbocycles. The SMILES string of the molecule is CC(C)Oc1ccc(C(=O)N[C@H](C)c2ccc(N)cc2)c(Cl)c1. The Labute approximate surface area is 141 Å². The van der Waals surface area contributed by atoms with E-state index in [-0.39, 0.29) is 18.1 Å². The molecule has 0 aromatic heterocycles. The van der Waals surface area contributed by atoms with Crippen LogP contribution in [0.5, 0.6) is 5.75 Å². The molecule has 2 aromatic carbocycles. The van der Waals surface area contributed by atoms with Gasteiger partial charge in [0.15, 0.2) is 0 Å².